The molecule has 2 aliphatic rings. The lowest BCUT2D eigenvalue weighted by Gasteiger charge is -2.20. The number of rotatable bonds is 14. The van der Waals surface area contributed by atoms with Crippen LogP contribution < -0.4 is 10.6 Å². The van der Waals surface area contributed by atoms with Crippen LogP contribution in [0.25, 0.3) is 0 Å². The van der Waals surface area contributed by atoms with Crippen molar-refractivity contribution in [3.8, 4) is 23.7 Å². The number of carbonyl (C=O) groups excluding carboxylic acids is 2. The molecule has 2 atom stereocenters. The van der Waals surface area contributed by atoms with Gasteiger partial charge >= 0.3 is 0 Å². The van der Waals surface area contributed by atoms with E-state index in [1.165, 1.54) is 0 Å². The third-order valence-corrected chi connectivity index (χ3v) is 5.75. The van der Waals surface area contributed by atoms with Crippen molar-refractivity contribution < 1.29 is 32.6 Å². The fraction of sp³-hybridized carbons (Fsp3) is 0.769. The van der Waals surface area contributed by atoms with Gasteiger partial charge in [-0.3, -0.25) is 9.59 Å². The smallest absolute Gasteiger partial charge is 0.270 e. The molecule has 2 amide bonds. The molecule has 0 saturated carbocycles. The fourth-order valence-electron chi connectivity index (χ4n) is 3.68. The van der Waals surface area contributed by atoms with Gasteiger partial charge in [-0.25, -0.2) is 8.78 Å². The number of halogens is 2. The van der Waals surface area contributed by atoms with E-state index in [0.29, 0.717) is 52.1 Å². The van der Waals surface area contributed by atoms with Gasteiger partial charge in [0, 0.05) is 38.8 Å². The Balaban J connectivity index is 1.42. The van der Waals surface area contributed by atoms with E-state index < -0.39 is 23.2 Å². The molecule has 2 N–H and O–H groups in total. The van der Waals surface area contributed by atoms with Gasteiger partial charge in [0.1, 0.15) is 0 Å². The summed E-state index contributed by atoms with van der Waals surface area (Å²) in [5.74, 6) is 9.05. The molecule has 9 heteroatoms. The maximum atomic E-state index is 14.7. The first-order valence-corrected chi connectivity index (χ1v) is 12.6. The van der Waals surface area contributed by atoms with Crippen molar-refractivity contribution in [2.45, 2.75) is 75.5 Å². The highest BCUT2D eigenvalue weighted by Crippen LogP contribution is 2.23. The summed E-state index contributed by atoms with van der Waals surface area (Å²) in [5, 5.41) is 5.09. The average molecular weight is 497 g/mol. The molecule has 2 aliphatic carbocycles. The summed E-state index contributed by atoms with van der Waals surface area (Å²) in [5.41, 5.74) is -4.22. The van der Waals surface area contributed by atoms with Gasteiger partial charge in [-0.05, 0) is 25.7 Å². The van der Waals surface area contributed by atoms with E-state index in [9.17, 15) is 18.4 Å². The zero-order valence-corrected chi connectivity index (χ0v) is 20.5. The molecule has 0 radical (unpaired) electrons. The maximum absolute atomic E-state index is 14.7. The van der Waals surface area contributed by atoms with E-state index in [-0.39, 0.29) is 39.1 Å². The number of amides is 2. The minimum atomic E-state index is -2.11. The lowest BCUT2D eigenvalue weighted by Crippen LogP contribution is -2.44. The molecule has 7 nitrogen and oxygen atoms in total. The highest BCUT2D eigenvalue weighted by molar-refractivity contribution is 5.89. The Hall–Kier alpha value is -2.20. The molecule has 196 valence electrons. The number of ether oxygens (including phenoxy) is 3. The topological polar surface area (TPSA) is 85.9 Å². The number of alkyl halides is 2. The van der Waals surface area contributed by atoms with Crippen LogP contribution in [0.3, 0.4) is 0 Å². The summed E-state index contributed by atoms with van der Waals surface area (Å²) in [6.45, 7) is 2.23. The lowest BCUT2D eigenvalue weighted by molar-refractivity contribution is -0.130. The number of hydrogen-bond donors (Lipinski definition) is 2. The largest absolute Gasteiger partial charge is 0.377 e. The lowest BCUT2D eigenvalue weighted by atomic mass is 9.94. The number of hydrogen-bond acceptors (Lipinski definition) is 5. The summed E-state index contributed by atoms with van der Waals surface area (Å²) < 4.78 is 45.5. The first-order chi connectivity index (χ1) is 17.0. The summed E-state index contributed by atoms with van der Waals surface area (Å²) in [6, 6.07) is 0. The van der Waals surface area contributed by atoms with E-state index in [0.717, 1.165) is 25.7 Å². The summed E-state index contributed by atoms with van der Waals surface area (Å²) in [4.78, 5) is 24.2. The average Bonchev–Trinajstić information content (AvgIpc) is 2.81. The van der Waals surface area contributed by atoms with Gasteiger partial charge in [0.15, 0.2) is 0 Å². The van der Waals surface area contributed by atoms with Crippen molar-refractivity contribution in [1.82, 2.24) is 10.6 Å². The van der Waals surface area contributed by atoms with Crippen LogP contribution in [0.15, 0.2) is 0 Å². The minimum absolute atomic E-state index is 0.125. The van der Waals surface area contributed by atoms with Crippen LogP contribution in [0, 0.1) is 23.7 Å². The molecule has 0 aromatic carbocycles. The molecule has 0 spiro atoms. The van der Waals surface area contributed by atoms with Gasteiger partial charge in [0.25, 0.3) is 11.8 Å². The fourth-order valence-corrected chi connectivity index (χ4v) is 3.68. The van der Waals surface area contributed by atoms with Crippen molar-refractivity contribution in [3.63, 3.8) is 0 Å². The van der Waals surface area contributed by atoms with Crippen molar-refractivity contribution in [2.75, 3.05) is 52.7 Å². The van der Waals surface area contributed by atoms with E-state index >= 15 is 0 Å². The molecule has 35 heavy (non-hydrogen) atoms. The first kappa shape index (κ1) is 29.0. The van der Waals surface area contributed by atoms with Gasteiger partial charge in [-0.15, -0.1) is 0 Å². The van der Waals surface area contributed by atoms with Crippen LogP contribution in [0.1, 0.15) is 64.2 Å². The second kappa shape index (κ2) is 16.5. The Labute approximate surface area is 207 Å². The molecule has 0 fully saturated rings. The third kappa shape index (κ3) is 11.4. The minimum Gasteiger partial charge on any atom is -0.377 e. The van der Waals surface area contributed by atoms with Gasteiger partial charge in [-0.1, -0.05) is 36.5 Å². The molecule has 2 unspecified atom stereocenters. The zero-order chi connectivity index (χ0) is 25.2. The Bertz CT molecular complexity index is 724. The summed E-state index contributed by atoms with van der Waals surface area (Å²) in [7, 11) is 0. The Morgan fingerprint density at radius 2 is 1.03 bits per heavy atom. The van der Waals surface area contributed by atoms with Crippen LogP contribution in [-0.4, -0.2) is 75.9 Å². The Morgan fingerprint density at radius 3 is 1.46 bits per heavy atom. The molecule has 2 rings (SSSR count). The third-order valence-electron chi connectivity index (χ3n) is 5.75. The Kier molecular flexibility index (Phi) is 13.7. The standard InChI is InChI=1S/C26H38F2N2O5/c27-25(11-7-3-1-4-8-12-25)23(31)29-15-17-33-19-21-35-22-20-34-18-16-30-24(32)26(28)13-9-5-2-6-10-14-26/h1-7,9,11,13,15-22H2,(H,29,31)(H,30,32). The molecule has 0 aromatic rings. The van der Waals surface area contributed by atoms with Crippen molar-refractivity contribution in [1.29, 1.82) is 0 Å². The van der Waals surface area contributed by atoms with E-state index in [1.807, 2.05) is 0 Å². The monoisotopic (exact) mass is 496 g/mol. The molecule has 0 heterocycles. The SMILES string of the molecule is O=C(NCCOCCOCCOCCNC(=O)C1(F)C#CCCCCC1)C1(F)C#CCCCCC1. The first-order valence-electron chi connectivity index (χ1n) is 12.6. The summed E-state index contributed by atoms with van der Waals surface area (Å²) in [6.07, 6.45) is 6.46. The number of nitrogens with one attached hydrogen (secondary N) is 2. The Morgan fingerprint density at radius 1 is 0.629 bits per heavy atom. The maximum Gasteiger partial charge on any atom is 0.270 e. The quantitative estimate of drug-likeness (QED) is 0.285. The zero-order valence-electron chi connectivity index (χ0n) is 20.5. The normalized spacial score (nSPS) is 24.3. The molecule has 0 saturated heterocycles. The predicted octanol–water partition coefficient (Wildman–Crippen LogP) is 2.62. The van der Waals surface area contributed by atoms with Crippen LogP contribution >= 0.6 is 0 Å². The van der Waals surface area contributed by atoms with Gasteiger partial charge in [0.05, 0.1) is 39.6 Å². The van der Waals surface area contributed by atoms with E-state index in [4.69, 9.17) is 14.2 Å². The van der Waals surface area contributed by atoms with E-state index in [2.05, 4.69) is 34.3 Å². The van der Waals surface area contributed by atoms with Crippen LogP contribution in [0.2, 0.25) is 0 Å². The predicted molar refractivity (Wildman–Crippen MR) is 128 cm³/mol. The van der Waals surface area contributed by atoms with Crippen LogP contribution in [0.5, 0.6) is 0 Å². The van der Waals surface area contributed by atoms with Gasteiger partial charge in [0.2, 0.25) is 11.3 Å². The molecule has 0 aliphatic heterocycles. The summed E-state index contributed by atoms with van der Waals surface area (Å²) >= 11 is 0. The molecular formula is C26H38F2N2O5. The molecular weight excluding hydrogens is 458 g/mol. The van der Waals surface area contributed by atoms with Crippen molar-refractivity contribution in [3.05, 3.63) is 0 Å². The van der Waals surface area contributed by atoms with Gasteiger partial charge in [-0.2, -0.15) is 0 Å². The van der Waals surface area contributed by atoms with Crippen LogP contribution in [-0.2, 0) is 23.8 Å². The van der Waals surface area contributed by atoms with Crippen molar-refractivity contribution in [2.24, 2.45) is 0 Å². The highest BCUT2D eigenvalue weighted by atomic mass is 19.1. The van der Waals surface area contributed by atoms with E-state index in [1.54, 1.807) is 0 Å². The van der Waals surface area contributed by atoms with Crippen LogP contribution in [0.4, 0.5) is 8.78 Å². The van der Waals surface area contributed by atoms with Crippen molar-refractivity contribution >= 4 is 11.8 Å². The highest BCUT2D eigenvalue weighted by Gasteiger charge is 2.37. The second-order valence-corrected chi connectivity index (χ2v) is 8.68. The van der Waals surface area contributed by atoms with Gasteiger partial charge < -0.3 is 24.8 Å². The molecule has 0 bridgehead atoms. The molecule has 0 aromatic heterocycles. The number of carbonyl (C=O) groups is 2. The second-order valence-electron chi connectivity index (χ2n) is 8.68.